The molecule has 2 aliphatic rings. The summed E-state index contributed by atoms with van der Waals surface area (Å²) in [5, 5.41) is 6.30. The largest absolute Gasteiger partial charge is 0.368 e. The Morgan fingerprint density at radius 3 is 2.61 bits per heavy atom. The molecule has 0 unspecified atom stereocenters. The lowest BCUT2D eigenvalue weighted by molar-refractivity contribution is -0.146. The van der Waals surface area contributed by atoms with Crippen LogP contribution >= 0.6 is 0 Å². The Bertz CT molecular complexity index is 271. The average Bonchev–Trinajstić information content (AvgIpc) is 2.92. The topological polar surface area (TPSA) is 53.6 Å². The average molecular weight is 255 g/mol. The fourth-order valence-corrected chi connectivity index (χ4v) is 2.85. The zero-order valence-corrected chi connectivity index (χ0v) is 11.3. The van der Waals surface area contributed by atoms with Gasteiger partial charge in [-0.05, 0) is 51.9 Å². The van der Waals surface area contributed by atoms with Gasteiger partial charge in [0, 0.05) is 20.2 Å². The Labute approximate surface area is 109 Å². The van der Waals surface area contributed by atoms with Crippen LogP contribution in [0.5, 0.6) is 0 Å². The number of carbonyl (C=O) groups excluding carboxylic acids is 1. The van der Waals surface area contributed by atoms with Gasteiger partial charge in [0.15, 0.2) is 0 Å². The van der Waals surface area contributed by atoms with Crippen LogP contribution in [0.1, 0.15) is 25.7 Å². The maximum absolute atomic E-state index is 12.2. The molecule has 2 fully saturated rings. The van der Waals surface area contributed by atoms with Crippen LogP contribution in [-0.2, 0) is 9.53 Å². The first-order valence-electron chi connectivity index (χ1n) is 7.03. The smallest absolute Gasteiger partial charge is 0.252 e. The van der Waals surface area contributed by atoms with E-state index in [0.29, 0.717) is 0 Å². The Balaban J connectivity index is 1.74. The van der Waals surface area contributed by atoms with E-state index in [1.807, 2.05) is 0 Å². The molecule has 0 aromatic rings. The molecule has 0 saturated carbocycles. The quantitative estimate of drug-likeness (QED) is 0.724. The normalized spacial score (nSPS) is 24.1. The predicted molar refractivity (Wildman–Crippen MR) is 70.5 cm³/mol. The number of rotatable bonds is 5. The molecular formula is C13H25N3O2. The predicted octanol–water partition coefficient (Wildman–Crippen LogP) is -0.0330. The third-order valence-electron chi connectivity index (χ3n) is 4.13. The highest BCUT2D eigenvalue weighted by Crippen LogP contribution is 2.22. The van der Waals surface area contributed by atoms with Crippen molar-refractivity contribution in [3.63, 3.8) is 0 Å². The zero-order chi connectivity index (χ0) is 12.8. The summed E-state index contributed by atoms with van der Waals surface area (Å²) < 4.78 is 5.50. The van der Waals surface area contributed by atoms with Gasteiger partial charge in [-0.25, -0.2) is 0 Å². The Morgan fingerprint density at radius 1 is 1.33 bits per heavy atom. The second kappa shape index (κ2) is 6.50. The number of carbonyl (C=O) groups is 1. The number of piperidine rings is 1. The summed E-state index contributed by atoms with van der Waals surface area (Å²) in [5.41, 5.74) is -0.601. The van der Waals surface area contributed by atoms with Crippen LogP contribution in [0.3, 0.4) is 0 Å². The Kier molecular flexibility index (Phi) is 4.97. The summed E-state index contributed by atoms with van der Waals surface area (Å²) in [6.07, 6.45) is 4.11. The number of hydrogen-bond donors (Lipinski definition) is 2. The van der Waals surface area contributed by atoms with E-state index in [4.69, 9.17) is 4.74 Å². The molecule has 0 aromatic heterocycles. The van der Waals surface area contributed by atoms with Gasteiger partial charge in [-0.1, -0.05) is 0 Å². The van der Waals surface area contributed by atoms with Gasteiger partial charge in [-0.15, -0.1) is 0 Å². The molecule has 104 valence electrons. The zero-order valence-electron chi connectivity index (χ0n) is 11.3. The molecule has 0 spiro atoms. The summed E-state index contributed by atoms with van der Waals surface area (Å²) >= 11 is 0. The lowest BCUT2D eigenvalue weighted by atomic mass is 9.91. The first-order valence-corrected chi connectivity index (χ1v) is 7.03. The number of hydrogen-bond acceptors (Lipinski definition) is 4. The van der Waals surface area contributed by atoms with E-state index in [0.717, 1.165) is 39.0 Å². The third kappa shape index (κ3) is 3.22. The van der Waals surface area contributed by atoms with Gasteiger partial charge in [0.05, 0.1) is 0 Å². The van der Waals surface area contributed by atoms with Gasteiger partial charge in [-0.3, -0.25) is 4.79 Å². The standard InChI is InChI=1S/C13H25N3O2/c1-18-13(4-6-14-7-5-13)12(17)15-8-11-16-9-2-3-10-16/h14H,2-11H2,1H3,(H,15,17). The minimum absolute atomic E-state index is 0.0608. The van der Waals surface area contributed by atoms with Crippen LogP contribution in [0.25, 0.3) is 0 Å². The van der Waals surface area contributed by atoms with E-state index >= 15 is 0 Å². The molecule has 0 atom stereocenters. The summed E-state index contributed by atoms with van der Waals surface area (Å²) in [7, 11) is 1.64. The molecular weight excluding hydrogens is 230 g/mol. The number of amides is 1. The summed E-state index contributed by atoms with van der Waals surface area (Å²) in [4.78, 5) is 14.6. The van der Waals surface area contributed by atoms with Gasteiger partial charge in [-0.2, -0.15) is 0 Å². The van der Waals surface area contributed by atoms with Crippen molar-refractivity contribution >= 4 is 5.91 Å². The summed E-state index contributed by atoms with van der Waals surface area (Å²) in [5.74, 6) is 0.0608. The minimum atomic E-state index is -0.601. The second-order valence-corrected chi connectivity index (χ2v) is 5.25. The van der Waals surface area contributed by atoms with E-state index < -0.39 is 5.60 Å². The molecule has 18 heavy (non-hydrogen) atoms. The van der Waals surface area contributed by atoms with Gasteiger partial charge in [0.1, 0.15) is 5.60 Å². The highest BCUT2D eigenvalue weighted by atomic mass is 16.5. The second-order valence-electron chi connectivity index (χ2n) is 5.25. The molecule has 5 heteroatoms. The van der Waals surface area contributed by atoms with Gasteiger partial charge in [0.25, 0.3) is 5.91 Å². The van der Waals surface area contributed by atoms with Crippen molar-refractivity contribution < 1.29 is 9.53 Å². The molecule has 0 radical (unpaired) electrons. The van der Waals surface area contributed by atoms with Crippen molar-refractivity contribution in [2.24, 2.45) is 0 Å². The summed E-state index contributed by atoms with van der Waals surface area (Å²) in [6, 6.07) is 0. The van der Waals surface area contributed by atoms with Crippen molar-refractivity contribution in [3.05, 3.63) is 0 Å². The number of nitrogens with zero attached hydrogens (tertiary/aromatic N) is 1. The molecule has 0 aromatic carbocycles. The fraction of sp³-hybridized carbons (Fsp3) is 0.923. The number of likely N-dealkylation sites (tertiary alicyclic amines) is 1. The highest BCUT2D eigenvalue weighted by molar-refractivity contribution is 5.85. The molecule has 1 amide bonds. The van der Waals surface area contributed by atoms with Crippen LogP contribution in [0.2, 0.25) is 0 Å². The molecule has 0 aliphatic carbocycles. The van der Waals surface area contributed by atoms with E-state index in [9.17, 15) is 4.79 Å². The molecule has 2 heterocycles. The van der Waals surface area contributed by atoms with Gasteiger partial charge < -0.3 is 20.3 Å². The van der Waals surface area contributed by atoms with Crippen LogP contribution in [0, 0.1) is 0 Å². The minimum Gasteiger partial charge on any atom is -0.368 e. The van der Waals surface area contributed by atoms with Crippen LogP contribution in [0.4, 0.5) is 0 Å². The Morgan fingerprint density at radius 2 is 2.00 bits per heavy atom. The van der Waals surface area contributed by atoms with Crippen LogP contribution in [-0.4, -0.2) is 62.8 Å². The first-order chi connectivity index (χ1) is 8.77. The van der Waals surface area contributed by atoms with Crippen molar-refractivity contribution in [1.29, 1.82) is 0 Å². The lowest BCUT2D eigenvalue weighted by Crippen LogP contribution is -2.54. The van der Waals surface area contributed by atoms with Crippen molar-refractivity contribution in [2.45, 2.75) is 31.3 Å². The Hall–Kier alpha value is -0.650. The third-order valence-corrected chi connectivity index (χ3v) is 4.13. The van der Waals surface area contributed by atoms with Crippen molar-refractivity contribution in [1.82, 2.24) is 15.5 Å². The number of ether oxygens (including phenoxy) is 1. The molecule has 2 rings (SSSR count). The molecule has 0 bridgehead atoms. The maximum atomic E-state index is 12.2. The van der Waals surface area contributed by atoms with Crippen LogP contribution in [0.15, 0.2) is 0 Å². The molecule has 2 saturated heterocycles. The van der Waals surface area contributed by atoms with E-state index in [1.54, 1.807) is 7.11 Å². The summed E-state index contributed by atoms with van der Waals surface area (Å²) in [6.45, 7) is 5.76. The first kappa shape index (κ1) is 13.8. The SMILES string of the molecule is COC1(C(=O)NCCN2CCCC2)CCNCC1. The van der Waals surface area contributed by atoms with Gasteiger partial charge in [0.2, 0.25) is 0 Å². The van der Waals surface area contributed by atoms with E-state index in [2.05, 4.69) is 15.5 Å². The van der Waals surface area contributed by atoms with E-state index in [-0.39, 0.29) is 5.91 Å². The van der Waals surface area contributed by atoms with Crippen molar-refractivity contribution in [2.75, 3.05) is 46.4 Å². The lowest BCUT2D eigenvalue weighted by Gasteiger charge is -2.34. The molecule has 5 nitrogen and oxygen atoms in total. The molecule has 2 aliphatic heterocycles. The van der Waals surface area contributed by atoms with Crippen molar-refractivity contribution in [3.8, 4) is 0 Å². The number of nitrogens with one attached hydrogen (secondary N) is 2. The van der Waals surface area contributed by atoms with E-state index in [1.165, 1.54) is 25.9 Å². The molecule has 2 N–H and O–H groups in total. The number of methoxy groups -OCH3 is 1. The monoisotopic (exact) mass is 255 g/mol. The fourth-order valence-electron chi connectivity index (χ4n) is 2.85. The highest BCUT2D eigenvalue weighted by Gasteiger charge is 2.39. The van der Waals surface area contributed by atoms with Crippen LogP contribution < -0.4 is 10.6 Å². The van der Waals surface area contributed by atoms with Gasteiger partial charge >= 0.3 is 0 Å². The maximum Gasteiger partial charge on any atom is 0.252 e.